The van der Waals surface area contributed by atoms with Crippen LogP contribution in [0.2, 0.25) is 0 Å². The standard InChI is InChI=1S/C19H24N2O.ClH/c1-16-7-5-6-10-18(16)11-12-19(22)21(14-13-20)15-17-8-3-2-4-9-17;/h2-10H,11-15,20H2,1H3;1H. The van der Waals surface area contributed by atoms with E-state index in [0.29, 0.717) is 26.1 Å². The molecule has 0 radical (unpaired) electrons. The van der Waals surface area contributed by atoms with Crippen molar-refractivity contribution in [2.24, 2.45) is 5.73 Å². The first-order valence-electron chi connectivity index (χ1n) is 7.77. The first-order chi connectivity index (χ1) is 10.7. The van der Waals surface area contributed by atoms with E-state index in [4.69, 9.17) is 5.73 Å². The minimum Gasteiger partial charge on any atom is -0.337 e. The Labute approximate surface area is 144 Å². The summed E-state index contributed by atoms with van der Waals surface area (Å²) in [5, 5.41) is 0. The van der Waals surface area contributed by atoms with Gasteiger partial charge >= 0.3 is 0 Å². The van der Waals surface area contributed by atoms with Gasteiger partial charge in [0.2, 0.25) is 5.91 Å². The van der Waals surface area contributed by atoms with Crippen molar-refractivity contribution in [2.75, 3.05) is 13.1 Å². The average Bonchev–Trinajstić information content (AvgIpc) is 2.54. The van der Waals surface area contributed by atoms with Gasteiger partial charge in [0.15, 0.2) is 0 Å². The van der Waals surface area contributed by atoms with Gasteiger partial charge in [-0.15, -0.1) is 12.4 Å². The molecule has 0 saturated carbocycles. The molecular formula is C19H25ClN2O. The number of aryl methyl sites for hydroxylation is 2. The number of benzene rings is 2. The van der Waals surface area contributed by atoms with Crippen LogP contribution in [-0.4, -0.2) is 23.9 Å². The number of carbonyl (C=O) groups is 1. The van der Waals surface area contributed by atoms with E-state index < -0.39 is 0 Å². The lowest BCUT2D eigenvalue weighted by Gasteiger charge is -2.22. The van der Waals surface area contributed by atoms with E-state index in [1.54, 1.807) is 0 Å². The van der Waals surface area contributed by atoms with Crippen LogP contribution < -0.4 is 5.73 Å². The minimum atomic E-state index is 0. The molecule has 0 aromatic heterocycles. The van der Waals surface area contributed by atoms with Gasteiger partial charge in [-0.1, -0.05) is 54.6 Å². The Hall–Kier alpha value is -1.84. The second-order valence-electron chi connectivity index (χ2n) is 5.52. The van der Waals surface area contributed by atoms with Gasteiger partial charge in [-0.25, -0.2) is 0 Å². The lowest BCUT2D eigenvalue weighted by Crippen LogP contribution is -2.35. The van der Waals surface area contributed by atoms with Gasteiger partial charge in [0.1, 0.15) is 0 Å². The Kier molecular flexibility index (Phi) is 8.38. The van der Waals surface area contributed by atoms with Crippen molar-refractivity contribution in [3.63, 3.8) is 0 Å². The highest BCUT2D eigenvalue weighted by molar-refractivity contribution is 5.85. The Morgan fingerprint density at radius 1 is 1.04 bits per heavy atom. The van der Waals surface area contributed by atoms with E-state index in [1.165, 1.54) is 11.1 Å². The second kappa shape index (κ2) is 10.0. The molecule has 2 N–H and O–H groups in total. The predicted octanol–water partition coefficient (Wildman–Crippen LogP) is 3.34. The van der Waals surface area contributed by atoms with Crippen molar-refractivity contribution in [3.8, 4) is 0 Å². The predicted molar refractivity (Wildman–Crippen MR) is 97.7 cm³/mol. The van der Waals surface area contributed by atoms with Crippen LogP contribution >= 0.6 is 12.4 Å². The zero-order valence-corrected chi connectivity index (χ0v) is 14.4. The Balaban J connectivity index is 0.00000264. The molecule has 1 amide bonds. The zero-order valence-electron chi connectivity index (χ0n) is 13.6. The summed E-state index contributed by atoms with van der Waals surface area (Å²) in [4.78, 5) is 14.3. The number of hydrogen-bond donors (Lipinski definition) is 1. The highest BCUT2D eigenvalue weighted by Crippen LogP contribution is 2.12. The van der Waals surface area contributed by atoms with Crippen LogP contribution in [0.3, 0.4) is 0 Å². The van der Waals surface area contributed by atoms with Gasteiger partial charge in [-0.2, -0.15) is 0 Å². The van der Waals surface area contributed by atoms with Crippen LogP contribution in [0.25, 0.3) is 0 Å². The summed E-state index contributed by atoms with van der Waals surface area (Å²) in [7, 11) is 0. The lowest BCUT2D eigenvalue weighted by atomic mass is 10.0. The molecule has 0 atom stereocenters. The van der Waals surface area contributed by atoms with Crippen LogP contribution in [0.4, 0.5) is 0 Å². The van der Waals surface area contributed by atoms with E-state index in [1.807, 2.05) is 47.4 Å². The molecule has 0 spiro atoms. The molecule has 0 heterocycles. The molecule has 2 aromatic rings. The van der Waals surface area contributed by atoms with Crippen LogP contribution in [0.1, 0.15) is 23.1 Å². The molecular weight excluding hydrogens is 308 g/mol. The maximum Gasteiger partial charge on any atom is 0.223 e. The monoisotopic (exact) mass is 332 g/mol. The normalized spacial score (nSPS) is 10.0. The lowest BCUT2D eigenvalue weighted by molar-refractivity contribution is -0.131. The summed E-state index contributed by atoms with van der Waals surface area (Å²) in [5.41, 5.74) is 9.28. The summed E-state index contributed by atoms with van der Waals surface area (Å²) < 4.78 is 0. The van der Waals surface area contributed by atoms with Crippen molar-refractivity contribution in [1.82, 2.24) is 4.90 Å². The van der Waals surface area contributed by atoms with Crippen molar-refractivity contribution in [2.45, 2.75) is 26.3 Å². The van der Waals surface area contributed by atoms with Crippen LogP contribution in [0, 0.1) is 6.92 Å². The fraction of sp³-hybridized carbons (Fsp3) is 0.316. The number of amides is 1. The second-order valence-corrected chi connectivity index (χ2v) is 5.52. The maximum absolute atomic E-state index is 12.5. The highest BCUT2D eigenvalue weighted by atomic mass is 35.5. The smallest absolute Gasteiger partial charge is 0.223 e. The van der Waals surface area contributed by atoms with Gasteiger partial charge in [-0.05, 0) is 30.0 Å². The van der Waals surface area contributed by atoms with Gasteiger partial charge in [0, 0.05) is 26.1 Å². The van der Waals surface area contributed by atoms with Crippen molar-refractivity contribution in [3.05, 3.63) is 71.3 Å². The number of carbonyl (C=O) groups excluding carboxylic acids is 1. The van der Waals surface area contributed by atoms with Gasteiger partial charge in [-0.3, -0.25) is 4.79 Å². The molecule has 2 rings (SSSR count). The van der Waals surface area contributed by atoms with Crippen molar-refractivity contribution >= 4 is 18.3 Å². The number of hydrogen-bond acceptors (Lipinski definition) is 2. The van der Waals surface area contributed by atoms with E-state index in [0.717, 1.165) is 12.0 Å². The molecule has 2 aromatic carbocycles. The van der Waals surface area contributed by atoms with Crippen LogP contribution in [-0.2, 0) is 17.8 Å². The summed E-state index contributed by atoms with van der Waals surface area (Å²) in [6.07, 6.45) is 1.30. The molecule has 0 aliphatic heterocycles. The molecule has 0 aliphatic rings. The number of nitrogens with two attached hydrogens (primary N) is 1. The number of nitrogens with zero attached hydrogens (tertiary/aromatic N) is 1. The largest absolute Gasteiger partial charge is 0.337 e. The molecule has 124 valence electrons. The van der Waals surface area contributed by atoms with Crippen LogP contribution in [0.5, 0.6) is 0 Å². The highest BCUT2D eigenvalue weighted by Gasteiger charge is 2.13. The first-order valence-corrected chi connectivity index (χ1v) is 7.77. The summed E-state index contributed by atoms with van der Waals surface area (Å²) in [5.74, 6) is 0.164. The molecule has 0 unspecified atom stereocenters. The quantitative estimate of drug-likeness (QED) is 0.845. The third-order valence-corrected chi connectivity index (χ3v) is 3.84. The minimum absolute atomic E-state index is 0. The molecule has 4 heteroatoms. The average molecular weight is 333 g/mol. The van der Waals surface area contributed by atoms with E-state index in [2.05, 4.69) is 19.1 Å². The van der Waals surface area contributed by atoms with E-state index in [-0.39, 0.29) is 18.3 Å². The van der Waals surface area contributed by atoms with E-state index in [9.17, 15) is 4.79 Å². The SMILES string of the molecule is Cc1ccccc1CCC(=O)N(CCN)Cc1ccccc1.Cl. The summed E-state index contributed by atoms with van der Waals surface area (Å²) >= 11 is 0. The molecule has 3 nitrogen and oxygen atoms in total. The summed E-state index contributed by atoms with van der Waals surface area (Å²) in [6, 6.07) is 18.3. The third-order valence-electron chi connectivity index (χ3n) is 3.84. The fourth-order valence-electron chi connectivity index (χ4n) is 2.54. The molecule has 0 fully saturated rings. The van der Waals surface area contributed by atoms with Gasteiger partial charge in [0.05, 0.1) is 0 Å². The van der Waals surface area contributed by atoms with E-state index >= 15 is 0 Å². The zero-order chi connectivity index (χ0) is 15.8. The Morgan fingerprint density at radius 3 is 2.35 bits per heavy atom. The van der Waals surface area contributed by atoms with Crippen molar-refractivity contribution < 1.29 is 4.79 Å². The molecule has 0 aliphatic carbocycles. The third kappa shape index (κ3) is 6.05. The molecule has 0 saturated heterocycles. The Morgan fingerprint density at radius 2 is 1.70 bits per heavy atom. The van der Waals surface area contributed by atoms with Crippen LogP contribution in [0.15, 0.2) is 54.6 Å². The van der Waals surface area contributed by atoms with Gasteiger partial charge in [0.25, 0.3) is 0 Å². The number of rotatable bonds is 7. The first kappa shape index (κ1) is 19.2. The van der Waals surface area contributed by atoms with Crippen molar-refractivity contribution in [1.29, 1.82) is 0 Å². The topological polar surface area (TPSA) is 46.3 Å². The molecule has 23 heavy (non-hydrogen) atoms. The Bertz CT molecular complexity index is 601. The fourth-order valence-corrected chi connectivity index (χ4v) is 2.54. The summed E-state index contributed by atoms with van der Waals surface area (Å²) in [6.45, 7) is 3.80. The van der Waals surface area contributed by atoms with Gasteiger partial charge < -0.3 is 10.6 Å². The molecule has 0 bridgehead atoms. The number of halogens is 1. The maximum atomic E-state index is 12.5.